The van der Waals surface area contributed by atoms with E-state index in [2.05, 4.69) is 11.9 Å². The van der Waals surface area contributed by atoms with Crippen LogP contribution in [0.1, 0.15) is 9.67 Å². The molecule has 1 N–H and O–H groups in total. The Hall–Kier alpha value is -1.39. The van der Waals surface area contributed by atoms with Crippen molar-refractivity contribution in [1.82, 2.24) is 5.32 Å². The van der Waals surface area contributed by atoms with Crippen LogP contribution in [-0.2, 0) is 0 Å². The molecule has 0 saturated carbocycles. The van der Waals surface area contributed by atoms with E-state index in [1.807, 2.05) is 0 Å². The van der Waals surface area contributed by atoms with E-state index < -0.39 is 0 Å². The van der Waals surface area contributed by atoms with Crippen LogP contribution in [-0.4, -0.2) is 12.5 Å². The van der Waals surface area contributed by atoms with Crippen LogP contribution in [0.4, 0.5) is 4.39 Å². The van der Waals surface area contributed by atoms with Gasteiger partial charge in [0.1, 0.15) is 5.82 Å². The average molecular weight is 270 g/mol. The normalized spacial score (nSPS) is 10.5. The number of rotatable bonds is 3. The van der Waals surface area contributed by atoms with Gasteiger partial charge in [-0.25, -0.2) is 4.39 Å². The Labute approximate surface area is 107 Å². The largest absolute Gasteiger partial charge is 0.346 e. The van der Waals surface area contributed by atoms with E-state index in [9.17, 15) is 9.18 Å². The van der Waals surface area contributed by atoms with Crippen LogP contribution in [0.15, 0.2) is 35.9 Å². The monoisotopic (exact) mass is 269 g/mol. The fourth-order valence-electron chi connectivity index (χ4n) is 1.39. The van der Waals surface area contributed by atoms with Gasteiger partial charge in [0.25, 0.3) is 5.91 Å². The van der Waals surface area contributed by atoms with Gasteiger partial charge in [-0.1, -0.05) is 18.2 Å². The lowest BCUT2D eigenvalue weighted by molar-refractivity contribution is 0.0961. The van der Waals surface area contributed by atoms with Crippen molar-refractivity contribution in [3.63, 3.8) is 0 Å². The zero-order valence-corrected chi connectivity index (χ0v) is 10.4. The number of hydrogen-bond acceptors (Lipinski definition) is 2. The van der Waals surface area contributed by atoms with Gasteiger partial charge in [0, 0.05) is 9.73 Å². The first-order valence-electron chi connectivity index (χ1n) is 4.87. The minimum absolute atomic E-state index is 0.225. The highest BCUT2D eigenvalue weighted by molar-refractivity contribution is 7.20. The third-order valence-electron chi connectivity index (χ3n) is 2.14. The van der Waals surface area contributed by atoms with Crippen molar-refractivity contribution < 1.29 is 9.18 Å². The molecule has 0 radical (unpaired) electrons. The van der Waals surface area contributed by atoms with Crippen LogP contribution < -0.4 is 5.32 Å². The third-order valence-corrected chi connectivity index (χ3v) is 3.39. The average Bonchev–Trinajstić information content (AvgIpc) is 2.68. The molecular weight excluding hydrogens is 261 g/mol. The number of thiophene rings is 1. The summed E-state index contributed by atoms with van der Waals surface area (Å²) < 4.78 is 13.9. The number of carbonyl (C=O) groups is 1. The second-order valence-electron chi connectivity index (χ2n) is 3.49. The molecule has 2 rings (SSSR count). The first kappa shape index (κ1) is 12.1. The molecule has 1 amide bonds. The number of amides is 1. The van der Waals surface area contributed by atoms with Gasteiger partial charge in [0.15, 0.2) is 0 Å². The summed E-state index contributed by atoms with van der Waals surface area (Å²) >= 11 is 6.87. The minimum atomic E-state index is -0.309. The van der Waals surface area contributed by atoms with Gasteiger partial charge in [-0.3, -0.25) is 4.79 Å². The Balaban J connectivity index is 2.24. The Bertz CT molecular complexity index is 593. The molecular formula is C12H9ClFNOS. The van der Waals surface area contributed by atoms with E-state index in [0.29, 0.717) is 9.91 Å². The van der Waals surface area contributed by atoms with E-state index >= 15 is 0 Å². The van der Waals surface area contributed by atoms with Crippen LogP contribution >= 0.6 is 22.9 Å². The molecule has 88 valence electrons. The molecule has 0 atom stereocenters. The number of fused-ring (bicyclic) bond motifs is 1. The fraction of sp³-hybridized carbons (Fsp3) is 0.0833. The van der Waals surface area contributed by atoms with Crippen molar-refractivity contribution in [2.75, 3.05) is 6.54 Å². The molecule has 0 aliphatic rings. The van der Waals surface area contributed by atoms with Gasteiger partial charge in [-0.15, -0.1) is 11.3 Å². The Morgan fingerprint density at radius 2 is 2.24 bits per heavy atom. The van der Waals surface area contributed by atoms with E-state index in [1.54, 1.807) is 12.1 Å². The molecule has 5 heteroatoms. The van der Waals surface area contributed by atoms with Gasteiger partial charge in [0.2, 0.25) is 0 Å². The quantitative estimate of drug-likeness (QED) is 0.908. The molecule has 2 nitrogen and oxygen atoms in total. The molecule has 0 aliphatic carbocycles. The predicted octanol–water partition coefficient (Wildman–Crippen LogP) is 3.52. The molecule has 1 aromatic heterocycles. The molecule has 0 aliphatic heterocycles. The highest BCUT2D eigenvalue weighted by Crippen LogP contribution is 2.26. The Kier molecular flexibility index (Phi) is 3.45. The number of nitrogens with one attached hydrogen (secondary N) is 1. The van der Waals surface area contributed by atoms with E-state index in [1.165, 1.54) is 23.5 Å². The molecule has 1 aromatic carbocycles. The summed E-state index contributed by atoms with van der Waals surface area (Å²) in [6.45, 7) is 3.70. The van der Waals surface area contributed by atoms with Gasteiger partial charge in [0.05, 0.1) is 11.4 Å². The fourth-order valence-corrected chi connectivity index (χ4v) is 2.42. The number of carbonyl (C=O) groups excluding carboxylic acids is 1. The van der Waals surface area contributed by atoms with E-state index in [4.69, 9.17) is 11.6 Å². The van der Waals surface area contributed by atoms with Crippen LogP contribution in [0.2, 0.25) is 0 Å². The topological polar surface area (TPSA) is 29.1 Å². The molecule has 2 aromatic rings. The van der Waals surface area contributed by atoms with Gasteiger partial charge < -0.3 is 5.32 Å². The summed E-state index contributed by atoms with van der Waals surface area (Å²) in [6.07, 6.45) is 0. The first-order chi connectivity index (χ1) is 8.06. The second-order valence-corrected chi connectivity index (χ2v) is 5.11. The standard InChI is InChI=1S/C12H9ClFNOS/c1-7(13)6-15-12(16)11-5-8-4-9(14)2-3-10(8)17-11/h2-5H,1,6H2,(H,15,16). The minimum Gasteiger partial charge on any atom is -0.346 e. The third kappa shape index (κ3) is 2.84. The Morgan fingerprint density at radius 1 is 1.47 bits per heavy atom. The van der Waals surface area contributed by atoms with Crippen LogP contribution in [0.3, 0.4) is 0 Å². The lowest BCUT2D eigenvalue weighted by atomic mass is 10.2. The smallest absolute Gasteiger partial charge is 0.261 e. The highest BCUT2D eigenvalue weighted by atomic mass is 35.5. The predicted molar refractivity (Wildman–Crippen MR) is 69.1 cm³/mol. The van der Waals surface area contributed by atoms with E-state index in [0.717, 1.165) is 10.1 Å². The van der Waals surface area contributed by atoms with Gasteiger partial charge in [-0.05, 0) is 29.7 Å². The van der Waals surface area contributed by atoms with Crippen molar-refractivity contribution in [3.05, 3.63) is 46.6 Å². The molecule has 1 heterocycles. The summed E-state index contributed by atoms with van der Waals surface area (Å²) in [7, 11) is 0. The maximum atomic E-state index is 13.0. The van der Waals surface area contributed by atoms with Gasteiger partial charge in [-0.2, -0.15) is 0 Å². The van der Waals surface area contributed by atoms with Crippen LogP contribution in [0.5, 0.6) is 0 Å². The number of halogens is 2. The summed E-state index contributed by atoms with van der Waals surface area (Å²) in [5.74, 6) is -0.537. The maximum absolute atomic E-state index is 13.0. The zero-order valence-electron chi connectivity index (χ0n) is 8.80. The molecule has 0 spiro atoms. The molecule has 0 unspecified atom stereocenters. The first-order valence-corrected chi connectivity index (χ1v) is 6.06. The van der Waals surface area contributed by atoms with Gasteiger partial charge >= 0.3 is 0 Å². The van der Waals surface area contributed by atoms with Crippen molar-refractivity contribution in [3.8, 4) is 0 Å². The van der Waals surface area contributed by atoms with Crippen molar-refractivity contribution >= 4 is 38.9 Å². The summed E-state index contributed by atoms with van der Waals surface area (Å²) in [6, 6.07) is 6.10. The second kappa shape index (κ2) is 4.85. The lowest BCUT2D eigenvalue weighted by Crippen LogP contribution is -2.23. The highest BCUT2D eigenvalue weighted by Gasteiger charge is 2.10. The van der Waals surface area contributed by atoms with Crippen molar-refractivity contribution in [2.45, 2.75) is 0 Å². The SMILES string of the molecule is C=C(Cl)CNC(=O)c1cc2cc(F)ccc2s1. The molecule has 0 bridgehead atoms. The molecule has 17 heavy (non-hydrogen) atoms. The van der Waals surface area contributed by atoms with Crippen molar-refractivity contribution in [2.24, 2.45) is 0 Å². The molecule has 0 saturated heterocycles. The number of benzene rings is 1. The summed E-state index contributed by atoms with van der Waals surface area (Å²) in [5, 5.41) is 3.71. The lowest BCUT2D eigenvalue weighted by Gasteiger charge is -1.99. The van der Waals surface area contributed by atoms with E-state index in [-0.39, 0.29) is 18.3 Å². The molecule has 0 fully saturated rings. The maximum Gasteiger partial charge on any atom is 0.261 e. The van der Waals surface area contributed by atoms with Crippen molar-refractivity contribution in [1.29, 1.82) is 0 Å². The summed E-state index contributed by atoms with van der Waals surface area (Å²) in [4.78, 5) is 12.2. The van der Waals surface area contributed by atoms with Crippen LogP contribution in [0.25, 0.3) is 10.1 Å². The Morgan fingerprint density at radius 3 is 2.94 bits per heavy atom. The van der Waals surface area contributed by atoms with Crippen LogP contribution in [0, 0.1) is 5.82 Å². The summed E-state index contributed by atoms with van der Waals surface area (Å²) in [5.41, 5.74) is 0. The number of hydrogen-bond donors (Lipinski definition) is 1. The zero-order chi connectivity index (χ0) is 12.4.